The number of hydrogen-bond acceptors (Lipinski definition) is 1. The highest BCUT2D eigenvalue weighted by Crippen LogP contribution is 2.30. The first kappa shape index (κ1) is 11.8. The van der Waals surface area contributed by atoms with Gasteiger partial charge in [-0.15, -0.1) is 0 Å². The molecule has 0 saturated carbocycles. The van der Waals surface area contributed by atoms with E-state index >= 15 is 0 Å². The van der Waals surface area contributed by atoms with Gasteiger partial charge in [-0.2, -0.15) is 0 Å². The molecular weight excluding hydrogens is 242 g/mol. The fraction of sp³-hybridized carbons (Fsp3) is 0.250. The predicted octanol–water partition coefficient (Wildman–Crippen LogP) is 4.23. The van der Waals surface area contributed by atoms with E-state index in [1.54, 1.807) is 0 Å². The second-order valence-corrected chi connectivity index (χ2v) is 5.09. The summed E-state index contributed by atoms with van der Waals surface area (Å²) in [5.74, 6) is 0. The number of benzene rings is 2. The summed E-state index contributed by atoms with van der Waals surface area (Å²) in [5.41, 5.74) is 3.53. The molecule has 0 aliphatic carbocycles. The molecule has 1 nitrogen and oxygen atoms in total. The Morgan fingerprint density at radius 1 is 1.22 bits per heavy atom. The van der Waals surface area contributed by atoms with E-state index in [4.69, 9.17) is 11.6 Å². The highest BCUT2D eigenvalue weighted by molar-refractivity contribution is 6.33. The average Bonchev–Trinajstić information content (AvgIpc) is 2.93. The molecule has 2 aromatic rings. The molecule has 1 aliphatic heterocycles. The lowest BCUT2D eigenvalue weighted by Crippen LogP contribution is -2.12. The molecule has 1 heterocycles. The Kier molecular flexibility index (Phi) is 3.35. The lowest BCUT2D eigenvalue weighted by atomic mass is 9.99. The van der Waals surface area contributed by atoms with Gasteiger partial charge in [-0.1, -0.05) is 29.8 Å². The molecule has 91 valence electrons. The third kappa shape index (κ3) is 2.29. The second kappa shape index (κ2) is 5.13. The Morgan fingerprint density at radius 3 is 2.89 bits per heavy atom. The smallest absolute Gasteiger partial charge is 0.0484 e. The Bertz CT molecular complexity index is 544. The van der Waals surface area contributed by atoms with Gasteiger partial charge in [0.15, 0.2) is 0 Å². The van der Waals surface area contributed by atoms with Crippen LogP contribution in [0, 0.1) is 6.07 Å². The Balaban J connectivity index is 1.98. The molecule has 0 spiro atoms. The van der Waals surface area contributed by atoms with Gasteiger partial charge in [0.1, 0.15) is 0 Å². The van der Waals surface area contributed by atoms with Gasteiger partial charge >= 0.3 is 0 Å². The summed E-state index contributed by atoms with van der Waals surface area (Å²) < 4.78 is 0. The topological polar surface area (TPSA) is 12.0 Å². The van der Waals surface area contributed by atoms with E-state index in [0.29, 0.717) is 6.04 Å². The molecule has 0 aromatic heterocycles. The first-order chi connectivity index (χ1) is 8.84. The maximum atomic E-state index is 6.24. The standard InChI is InChI=1S/C16H15ClN/c17-15-8-2-1-7-14(15)12-5-3-6-13(11-12)16-9-4-10-18-16/h1-2,5-8,11,16,18H,4,9-10H2. The number of nitrogens with one attached hydrogen (secondary N) is 1. The van der Waals surface area contributed by atoms with Crippen LogP contribution in [0.15, 0.2) is 42.5 Å². The summed E-state index contributed by atoms with van der Waals surface area (Å²) in [4.78, 5) is 0. The zero-order valence-electron chi connectivity index (χ0n) is 10.1. The molecule has 3 rings (SSSR count). The van der Waals surface area contributed by atoms with Gasteiger partial charge in [-0.25, -0.2) is 0 Å². The van der Waals surface area contributed by atoms with Gasteiger partial charge in [0.2, 0.25) is 0 Å². The Hall–Kier alpha value is -1.31. The molecule has 1 unspecified atom stereocenters. The van der Waals surface area contributed by atoms with E-state index in [0.717, 1.165) is 22.7 Å². The summed E-state index contributed by atoms with van der Waals surface area (Å²) in [6.45, 7) is 1.11. The highest BCUT2D eigenvalue weighted by Gasteiger charge is 2.16. The van der Waals surface area contributed by atoms with E-state index < -0.39 is 0 Å². The zero-order valence-corrected chi connectivity index (χ0v) is 10.9. The van der Waals surface area contributed by atoms with Gasteiger partial charge in [0.25, 0.3) is 0 Å². The van der Waals surface area contributed by atoms with Crippen molar-refractivity contribution in [2.75, 3.05) is 6.54 Å². The molecule has 18 heavy (non-hydrogen) atoms. The quantitative estimate of drug-likeness (QED) is 0.848. The minimum absolute atomic E-state index is 0.476. The first-order valence-corrected chi connectivity index (χ1v) is 6.72. The molecule has 1 fully saturated rings. The normalized spacial score (nSPS) is 19.1. The van der Waals surface area contributed by atoms with E-state index in [9.17, 15) is 0 Å². The molecule has 0 amide bonds. The van der Waals surface area contributed by atoms with E-state index in [1.165, 1.54) is 18.4 Å². The molecule has 2 heteroatoms. The van der Waals surface area contributed by atoms with Gasteiger partial charge < -0.3 is 5.32 Å². The van der Waals surface area contributed by atoms with Crippen molar-refractivity contribution in [1.29, 1.82) is 0 Å². The van der Waals surface area contributed by atoms with Crippen LogP contribution in [0.5, 0.6) is 0 Å². The van der Waals surface area contributed by atoms with Crippen LogP contribution in [0.4, 0.5) is 0 Å². The van der Waals surface area contributed by atoms with Crippen molar-refractivity contribution in [1.82, 2.24) is 5.32 Å². The van der Waals surface area contributed by atoms with Crippen LogP contribution in [-0.4, -0.2) is 6.54 Å². The van der Waals surface area contributed by atoms with E-state index in [1.807, 2.05) is 24.3 Å². The van der Waals surface area contributed by atoms with Crippen LogP contribution < -0.4 is 5.32 Å². The monoisotopic (exact) mass is 256 g/mol. The molecule has 1 atom stereocenters. The van der Waals surface area contributed by atoms with Crippen molar-refractivity contribution >= 4 is 11.6 Å². The Morgan fingerprint density at radius 2 is 2.11 bits per heavy atom. The zero-order chi connectivity index (χ0) is 12.4. The minimum atomic E-state index is 0.476. The summed E-state index contributed by atoms with van der Waals surface area (Å²) in [5, 5.41) is 4.31. The minimum Gasteiger partial charge on any atom is -0.310 e. The van der Waals surface area contributed by atoms with Crippen molar-refractivity contribution in [2.24, 2.45) is 0 Å². The maximum absolute atomic E-state index is 6.24. The molecule has 1 saturated heterocycles. The van der Waals surface area contributed by atoms with Crippen molar-refractivity contribution in [3.63, 3.8) is 0 Å². The molecule has 1 N–H and O–H groups in total. The van der Waals surface area contributed by atoms with Gasteiger partial charge in [0.05, 0.1) is 0 Å². The number of hydrogen-bond donors (Lipinski definition) is 1. The van der Waals surface area contributed by atoms with Crippen LogP contribution in [0.2, 0.25) is 5.02 Å². The van der Waals surface area contributed by atoms with Crippen molar-refractivity contribution in [3.05, 3.63) is 59.1 Å². The van der Waals surface area contributed by atoms with Gasteiger partial charge in [-0.05, 0) is 60.8 Å². The van der Waals surface area contributed by atoms with Crippen LogP contribution >= 0.6 is 11.6 Å². The predicted molar refractivity (Wildman–Crippen MR) is 75.7 cm³/mol. The lowest BCUT2D eigenvalue weighted by molar-refractivity contribution is 0.648. The third-order valence-corrected chi connectivity index (χ3v) is 3.79. The molecule has 0 bridgehead atoms. The highest BCUT2D eigenvalue weighted by atomic mass is 35.5. The molecule has 1 radical (unpaired) electrons. The van der Waals surface area contributed by atoms with Crippen molar-refractivity contribution in [2.45, 2.75) is 18.9 Å². The lowest BCUT2D eigenvalue weighted by Gasteiger charge is -2.12. The fourth-order valence-corrected chi connectivity index (χ4v) is 2.76. The van der Waals surface area contributed by atoms with Crippen molar-refractivity contribution in [3.8, 4) is 11.1 Å². The average molecular weight is 257 g/mol. The van der Waals surface area contributed by atoms with Gasteiger partial charge in [0, 0.05) is 16.6 Å². The van der Waals surface area contributed by atoms with Crippen LogP contribution in [-0.2, 0) is 0 Å². The largest absolute Gasteiger partial charge is 0.310 e. The van der Waals surface area contributed by atoms with Crippen LogP contribution in [0.25, 0.3) is 11.1 Å². The summed E-state index contributed by atoms with van der Waals surface area (Å²) in [6, 6.07) is 18.0. The fourth-order valence-electron chi connectivity index (χ4n) is 2.51. The molecule has 2 aromatic carbocycles. The van der Waals surface area contributed by atoms with Crippen LogP contribution in [0.3, 0.4) is 0 Å². The summed E-state index contributed by atoms with van der Waals surface area (Å²) in [6.07, 6.45) is 2.46. The molecule has 1 aliphatic rings. The van der Waals surface area contributed by atoms with Crippen molar-refractivity contribution < 1.29 is 0 Å². The van der Waals surface area contributed by atoms with Gasteiger partial charge in [-0.3, -0.25) is 0 Å². The number of halogens is 1. The first-order valence-electron chi connectivity index (χ1n) is 6.34. The second-order valence-electron chi connectivity index (χ2n) is 4.68. The Labute approximate surface area is 113 Å². The van der Waals surface area contributed by atoms with E-state index in [-0.39, 0.29) is 0 Å². The molecular formula is C16H15ClN. The SMILES string of the molecule is Clc1ccccc1-c1c[c]cc(C2CCCN2)c1. The summed E-state index contributed by atoms with van der Waals surface area (Å²) >= 11 is 6.24. The van der Waals surface area contributed by atoms with Crippen LogP contribution in [0.1, 0.15) is 24.4 Å². The third-order valence-electron chi connectivity index (χ3n) is 3.46. The van der Waals surface area contributed by atoms with E-state index in [2.05, 4.69) is 29.6 Å². The maximum Gasteiger partial charge on any atom is 0.0484 e. The summed E-state index contributed by atoms with van der Waals surface area (Å²) in [7, 11) is 0. The number of rotatable bonds is 2.